The topological polar surface area (TPSA) is 76.6 Å². The first-order valence-electron chi connectivity index (χ1n) is 6.86. The summed E-state index contributed by atoms with van der Waals surface area (Å²) in [7, 11) is 1.53. The van der Waals surface area contributed by atoms with Gasteiger partial charge in [-0.25, -0.2) is 4.79 Å². The number of methoxy groups -OCH3 is 1. The Hall–Kier alpha value is -1.06. The summed E-state index contributed by atoms with van der Waals surface area (Å²) in [5, 5.41) is 11.4. The summed E-state index contributed by atoms with van der Waals surface area (Å²) in [5.41, 5.74) is 0. The molecule has 3 rings (SSSR count). The summed E-state index contributed by atoms with van der Waals surface area (Å²) in [5.74, 6) is 0.965. The Kier molecular flexibility index (Phi) is 4.51. The highest BCUT2D eigenvalue weighted by Crippen LogP contribution is 2.39. The molecular formula is C12H18N4O3S2. The van der Waals surface area contributed by atoms with Gasteiger partial charge in [0.15, 0.2) is 0 Å². The molecule has 21 heavy (non-hydrogen) atoms. The third kappa shape index (κ3) is 3.41. The second kappa shape index (κ2) is 6.37. The fraction of sp³-hybridized carbons (Fsp3) is 0.750. The van der Waals surface area contributed by atoms with Crippen LogP contribution in [0.15, 0.2) is 0 Å². The van der Waals surface area contributed by atoms with Gasteiger partial charge < -0.3 is 14.4 Å². The zero-order valence-electron chi connectivity index (χ0n) is 11.8. The summed E-state index contributed by atoms with van der Waals surface area (Å²) < 4.78 is 10.6. The van der Waals surface area contributed by atoms with Crippen molar-refractivity contribution >= 4 is 34.3 Å². The molecule has 1 aromatic rings. The van der Waals surface area contributed by atoms with Crippen molar-refractivity contribution in [2.24, 2.45) is 0 Å². The Morgan fingerprint density at radius 1 is 1.43 bits per heavy atom. The van der Waals surface area contributed by atoms with Crippen LogP contribution in [0.5, 0.6) is 5.19 Å². The van der Waals surface area contributed by atoms with Gasteiger partial charge >= 0.3 is 6.03 Å². The van der Waals surface area contributed by atoms with Crippen molar-refractivity contribution < 1.29 is 14.3 Å². The van der Waals surface area contributed by atoms with Crippen LogP contribution in [0.25, 0.3) is 0 Å². The molecule has 2 amide bonds. The molecule has 2 fully saturated rings. The van der Waals surface area contributed by atoms with E-state index in [-0.39, 0.29) is 10.8 Å². The predicted molar refractivity (Wildman–Crippen MR) is 82.3 cm³/mol. The summed E-state index contributed by atoms with van der Waals surface area (Å²) in [6, 6.07) is -0.111. The quantitative estimate of drug-likeness (QED) is 0.889. The maximum atomic E-state index is 12.4. The zero-order chi connectivity index (χ0) is 14.7. The molecule has 0 radical (unpaired) electrons. The van der Waals surface area contributed by atoms with Crippen molar-refractivity contribution in [3.63, 3.8) is 0 Å². The normalized spacial score (nSPS) is 21.3. The van der Waals surface area contributed by atoms with Crippen LogP contribution in [0.3, 0.4) is 0 Å². The molecule has 0 aromatic carbocycles. The zero-order valence-corrected chi connectivity index (χ0v) is 13.5. The van der Waals surface area contributed by atoms with Crippen LogP contribution in [0.4, 0.5) is 9.93 Å². The molecule has 1 aromatic heterocycles. The Morgan fingerprint density at radius 3 is 2.95 bits per heavy atom. The third-order valence-electron chi connectivity index (χ3n) is 3.73. The van der Waals surface area contributed by atoms with E-state index < -0.39 is 0 Å². The van der Waals surface area contributed by atoms with Gasteiger partial charge in [0.25, 0.3) is 5.19 Å². The summed E-state index contributed by atoms with van der Waals surface area (Å²) >= 11 is 3.20. The smallest absolute Gasteiger partial charge is 0.323 e. The van der Waals surface area contributed by atoms with Crippen molar-refractivity contribution in [3.8, 4) is 5.19 Å². The van der Waals surface area contributed by atoms with Gasteiger partial charge in [0.05, 0.1) is 7.11 Å². The lowest BCUT2D eigenvalue weighted by atomic mass is 9.98. The molecule has 2 aliphatic heterocycles. The minimum atomic E-state index is -0.111. The van der Waals surface area contributed by atoms with Crippen molar-refractivity contribution in [2.45, 2.75) is 17.6 Å². The van der Waals surface area contributed by atoms with E-state index in [1.807, 2.05) is 16.7 Å². The average Bonchev–Trinajstić information content (AvgIpc) is 2.96. The van der Waals surface area contributed by atoms with Crippen molar-refractivity contribution in [2.75, 3.05) is 44.5 Å². The number of nitrogens with one attached hydrogen (secondary N) is 1. The van der Waals surface area contributed by atoms with Gasteiger partial charge in [0, 0.05) is 36.8 Å². The second-order valence-electron chi connectivity index (χ2n) is 5.07. The lowest BCUT2D eigenvalue weighted by Crippen LogP contribution is -2.52. The van der Waals surface area contributed by atoms with Gasteiger partial charge in [-0.15, -0.1) is 5.10 Å². The van der Waals surface area contributed by atoms with Crippen LogP contribution in [-0.2, 0) is 4.74 Å². The van der Waals surface area contributed by atoms with Gasteiger partial charge in [-0.3, -0.25) is 5.32 Å². The molecule has 0 bridgehead atoms. The number of carbonyl (C=O) groups excluding carboxylic acids is 1. The maximum absolute atomic E-state index is 12.4. The molecule has 3 heterocycles. The number of carbonyl (C=O) groups is 1. The van der Waals surface area contributed by atoms with E-state index in [4.69, 9.17) is 9.47 Å². The number of thioether (sulfide) groups is 1. The van der Waals surface area contributed by atoms with Crippen LogP contribution in [-0.4, -0.2) is 65.0 Å². The van der Waals surface area contributed by atoms with Crippen LogP contribution in [0, 0.1) is 0 Å². The third-order valence-corrected chi connectivity index (χ3v) is 6.07. The van der Waals surface area contributed by atoms with Crippen molar-refractivity contribution in [1.82, 2.24) is 15.1 Å². The minimum Gasteiger partial charge on any atom is -0.472 e. The molecule has 1 N–H and O–H groups in total. The molecule has 0 aliphatic carbocycles. The molecule has 2 aliphatic rings. The summed E-state index contributed by atoms with van der Waals surface area (Å²) in [4.78, 5) is 14.2. The van der Waals surface area contributed by atoms with Gasteiger partial charge in [-0.2, -0.15) is 11.8 Å². The molecule has 116 valence electrons. The number of rotatable bonds is 2. The van der Waals surface area contributed by atoms with Crippen LogP contribution in [0.1, 0.15) is 12.8 Å². The number of anilines is 1. The van der Waals surface area contributed by atoms with E-state index in [0.29, 0.717) is 10.3 Å². The predicted octanol–water partition coefficient (Wildman–Crippen LogP) is 1.68. The first kappa shape index (κ1) is 14.9. The number of amides is 2. The van der Waals surface area contributed by atoms with Crippen LogP contribution >= 0.6 is 23.1 Å². The Labute approximate surface area is 131 Å². The van der Waals surface area contributed by atoms with Gasteiger partial charge in [-0.05, 0) is 24.2 Å². The number of urea groups is 1. The van der Waals surface area contributed by atoms with Crippen molar-refractivity contribution in [1.29, 1.82) is 0 Å². The largest absolute Gasteiger partial charge is 0.472 e. The first-order valence-corrected chi connectivity index (χ1v) is 8.66. The van der Waals surface area contributed by atoms with E-state index >= 15 is 0 Å². The first-order chi connectivity index (χ1) is 10.2. The fourth-order valence-electron chi connectivity index (χ4n) is 2.58. The number of hydrogen-bond acceptors (Lipinski definition) is 7. The van der Waals surface area contributed by atoms with E-state index in [9.17, 15) is 4.79 Å². The molecule has 7 nitrogen and oxygen atoms in total. The highest BCUT2D eigenvalue weighted by Gasteiger charge is 2.39. The molecule has 2 saturated heterocycles. The average molecular weight is 330 g/mol. The van der Waals surface area contributed by atoms with Gasteiger partial charge in [0.1, 0.15) is 0 Å². The monoisotopic (exact) mass is 330 g/mol. The molecular weight excluding hydrogens is 312 g/mol. The van der Waals surface area contributed by atoms with E-state index in [1.54, 1.807) is 0 Å². The highest BCUT2D eigenvalue weighted by atomic mass is 32.2. The number of aromatic nitrogens is 2. The Balaban J connectivity index is 1.61. The van der Waals surface area contributed by atoms with E-state index in [2.05, 4.69) is 15.5 Å². The molecule has 1 spiro atoms. The lowest BCUT2D eigenvalue weighted by molar-refractivity contribution is 0.0678. The standard InChI is InChI=1S/C12H18N4O3S2/c1-18-11-15-14-9(21-11)13-10(17)16-4-7-20-12(8-16)2-5-19-6-3-12/h2-8H2,1H3,(H,13,14,17). The summed E-state index contributed by atoms with van der Waals surface area (Å²) in [6.07, 6.45) is 2.02. The molecule has 9 heteroatoms. The van der Waals surface area contributed by atoms with E-state index in [0.717, 1.165) is 44.9 Å². The maximum Gasteiger partial charge on any atom is 0.323 e. The molecule has 0 atom stereocenters. The second-order valence-corrected chi connectivity index (χ2v) is 7.58. The van der Waals surface area contributed by atoms with Crippen molar-refractivity contribution in [3.05, 3.63) is 0 Å². The number of nitrogens with zero attached hydrogens (tertiary/aromatic N) is 3. The molecule has 0 saturated carbocycles. The number of ether oxygens (including phenoxy) is 2. The van der Waals surface area contributed by atoms with E-state index in [1.165, 1.54) is 18.4 Å². The number of hydrogen-bond donors (Lipinski definition) is 1. The SMILES string of the molecule is COc1nnc(NC(=O)N2CCSC3(CCOCC3)C2)s1. The highest BCUT2D eigenvalue weighted by molar-refractivity contribution is 8.00. The Bertz CT molecular complexity index is 499. The molecule has 0 unspecified atom stereocenters. The summed E-state index contributed by atoms with van der Waals surface area (Å²) in [6.45, 7) is 3.10. The minimum absolute atomic E-state index is 0.111. The van der Waals surface area contributed by atoms with Crippen LogP contribution in [0.2, 0.25) is 0 Å². The van der Waals surface area contributed by atoms with Crippen LogP contribution < -0.4 is 10.1 Å². The van der Waals surface area contributed by atoms with Gasteiger partial charge in [0.2, 0.25) is 5.13 Å². The Morgan fingerprint density at radius 2 is 2.24 bits per heavy atom. The lowest BCUT2D eigenvalue weighted by Gasteiger charge is -2.44. The fourth-order valence-corrected chi connectivity index (χ4v) is 4.57. The van der Waals surface area contributed by atoms with Gasteiger partial charge in [-0.1, -0.05) is 5.10 Å².